The molecule has 0 unspecified atom stereocenters. The normalized spacial score (nSPS) is 12.0. The minimum atomic E-state index is -0.164. The molecule has 0 radical (unpaired) electrons. The zero-order valence-electron chi connectivity index (χ0n) is 15.4. The van der Waals surface area contributed by atoms with E-state index in [1.54, 1.807) is 0 Å². The van der Waals surface area contributed by atoms with Gasteiger partial charge in [-0.15, -0.1) is 12.4 Å². The Labute approximate surface area is 175 Å². The zero-order valence-corrected chi connectivity index (χ0v) is 17.8. The highest BCUT2D eigenvalue weighted by Crippen LogP contribution is 2.27. The van der Waals surface area contributed by atoms with E-state index >= 15 is 0 Å². The number of rotatable bonds is 8. The summed E-state index contributed by atoms with van der Waals surface area (Å²) in [5.41, 5.74) is 2.48. The summed E-state index contributed by atoms with van der Waals surface area (Å²) in [4.78, 5) is 4.17. The van der Waals surface area contributed by atoms with Crippen molar-refractivity contribution >= 4 is 39.1 Å². The Hall–Kier alpha value is -1.49. The average Bonchev–Trinajstić information content (AvgIpc) is 2.66. The second-order valence-corrected chi connectivity index (χ2v) is 7.58. The number of nitrogens with one attached hydrogen (secondary N) is 1. The minimum Gasteiger partial charge on any atom is -0.310 e. The Morgan fingerprint density at radius 1 is 1.07 bits per heavy atom. The molecule has 0 saturated carbocycles. The predicted octanol–water partition coefficient (Wildman–Crippen LogP) is 6.45. The Morgan fingerprint density at radius 3 is 2.63 bits per heavy atom. The van der Waals surface area contributed by atoms with Gasteiger partial charge in [0.25, 0.3) is 0 Å². The summed E-state index contributed by atoms with van der Waals surface area (Å²) in [5.74, 6) is -0.164. The van der Waals surface area contributed by atoms with Gasteiger partial charge in [0.05, 0.1) is 0 Å². The number of hydrogen-bond donors (Lipinski definition) is 1. The van der Waals surface area contributed by atoms with Gasteiger partial charge < -0.3 is 5.32 Å². The number of pyridine rings is 1. The number of aromatic nitrogens is 1. The third-order valence-corrected chi connectivity index (χ3v) is 5.68. The van der Waals surface area contributed by atoms with E-state index in [1.165, 1.54) is 28.6 Å². The van der Waals surface area contributed by atoms with Crippen LogP contribution in [0.1, 0.15) is 37.3 Å². The summed E-state index contributed by atoms with van der Waals surface area (Å²) >= 11 is 3.73. The molecule has 0 spiro atoms. The molecule has 0 aliphatic carbocycles. The fraction of sp³-hybridized carbons (Fsp3) is 0.318. The van der Waals surface area contributed by atoms with Gasteiger partial charge in [0, 0.05) is 34.8 Å². The van der Waals surface area contributed by atoms with Crippen molar-refractivity contribution in [3.05, 3.63) is 76.3 Å². The van der Waals surface area contributed by atoms with E-state index in [0.717, 1.165) is 42.1 Å². The van der Waals surface area contributed by atoms with Gasteiger partial charge in [0.1, 0.15) is 5.82 Å². The molecule has 2 aromatic carbocycles. The molecule has 5 heteroatoms. The van der Waals surface area contributed by atoms with Crippen LogP contribution in [0, 0.1) is 5.82 Å². The number of benzene rings is 2. The number of fused-ring (bicyclic) bond motifs is 1. The van der Waals surface area contributed by atoms with E-state index < -0.39 is 0 Å². The Kier molecular flexibility index (Phi) is 8.68. The van der Waals surface area contributed by atoms with Crippen molar-refractivity contribution in [2.24, 2.45) is 0 Å². The van der Waals surface area contributed by atoms with Gasteiger partial charge in [-0.05, 0) is 76.8 Å². The molecular weight excluding hydrogens is 427 g/mol. The number of unbranched alkanes of at least 4 members (excludes halogenated alkanes) is 1. The van der Waals surface area contributed by atoms with Crippen molar-refractivity contribution in [3.63, 3.8) is 0 Å². The lowest BCUT2D eigenvalue weighted by molar-refractivity contribution is 0.488. The Bertz CT molecular complexity index is 855. The van der Waals surface area contributed by atoms with Crippen LogP contribution in [0.5, 0.6) is 0 Å². The van der Waals surface area contributed by atoms with E-state index in [0.29, 0.717) is 6.04 Å². The van der Waals surface area contributed by atoms with E-state index in [4.69, 9.17) is 0 Å². The maximum Gasteiger partial charge on any atom is 0.123 e. The average molecular weight is 452 g/mol. The van der Waals surface area contributed by atoms with E-state index in [9.17, 15) is 4.39 Å². The molecule has 0 saturated heterocycles. The first-order valence-corrected chi connectivity index (χ1v) is 9.92. The van der Waals surface area contributed by atoms with E-state index in [-0.39, 0.29) is 18.2 Å². The summed E-state index contributed by atoms with van der Waals surface area (Å²) in [6, 6.07) is 13.6. The van der Waals surface area contributed by atoms with Gasteiger partial charge in [-0.3, -0.25) is 4.98 Å². The number of aryl methyl sites for hydroxylation is 1. The third kappa shape index (κ3) is 6.27. The summed E-state index contributed by atoms with van der Waals surface area (Å²) in [6.07, 6.45) is 8.16. The molecule has 144 valence electrons. The smallest absolute Gasteiger partial charge is 0.123 e. The lowest BCUT2D eigenvalue weighted by atomic mass is 10.0. The first-order valence-electron chi connectivity index (χ1n) is 9.12. The van der Waals surface area contributed by atoms with Crippen LogP contribution < -0.4 is 5.32 Å². The van der Waals surface area contributed by atoms with Crippen LogP contribution in [0.25, 0.3) is 10.8 Å². The fourth-order valence-electron chi connectivity index (χ4n) is 3.13. The van der Waals surface area contributed by atoms with Gasteiger partial charge in [-0.2, -0.15) is 0 Å². The lowest BCUT2D eigenvalue weighted by Gasteiger charge is -2.15. The van der Waals surface area contributed by atoms with Crippen LogP contribution in [-0.2, 0) is 13.0 Å². The van der Waals surface area contributed by atoms with Gasteiger partial charge in [0.2, 0.25) is 0 Å². The van der Waals surface area contributed by atoms with E-state index in [2.05, 4.69) is 45.3 Å². The zero-order chi connectivity index (χ0) is 18.4. The molecular formula is C22H25BrClFN2. The minimum absolute atomic E-state index is 0. The summed E-state index contributed by atoms with van der Waals surface area (Å²) in [6.45, 7) is 3.08. The van der Waals surface area contributed by atoms with Crippen molar-refractivity contribution in [3.8, 4) is 0 Å². The second kappa shape index (κ2) is 10.7. The van der Waals surface area contributed by atoms with Crippen LogP contribution in [-0.4, -0.2) is 11.0 Å². The third-order valence-electron chi connectivity index (χ3n) is 4.74. The molecule has 1 N–H and O–H groups in total. The van der Waals surface area contributed by atoms with Crippen molar-refractivity contribution in [2.75, 3.05) is 0 Å². The van der Waals surface area contributed by atoms with Crippen LogP contribution in [0.3, 0.4) is 0 Å². The number of hydrogen-bond acceptors (Lipinski definition) is 2. The molecule has 3 rings (SSSR count). The molecule has 0 aliphatic rings. The molecule has 27 heavy (non-hydrogen) atoms. The van der Waals surface area contributed by atoms with Crippen LogP contribution in [0.15, 0.2) is 59.3 Å². The number of halogens is 3. The predicted molar refractivity (Wildman–Crippen MR) is 117 cm³/mol. The van der Waals surface area contributed by atoms with Crippen molar-refractivity contribution in [2.45, 2.75) is 45.2 Å². The van der Waals surface area contributed by atoms with Crippen LogP contribution >= 0.6 is 28.3 Å². The maximum absolute atomic E-state index is 12.9. The SMILES string of the molecule is C[C@H](CCCCc1ccc(F)cc1)NCc1ccc2cnccc2c1Br.Cl. The molecule has 1 heterocycles. The molecule has 1 aromatic heterocycles. The molecule has 0 aliphatic heterocycles. The lowest BCUT2D eigenvalue weighted by Crippen LogP contribution is -2.25. The van der Waals surface area contributed by atoms with Crippen molar-refractivity contribution < 1.29 is 4.39 Å². The highest BCUT2D eigenvalue weighted by Gasteiger charge is 2.07. The summed E-state index contributed by atoms with van der Waals surface area (Å²) in [7, 11) is 0. The van der Waals surface area contributed by atoms with Gasteiger partial charge in [-0.1, -0.05) is 30.7 Å². The van der Waals surface area contributed by atoms with Crippen LogP contribution in [0.4, 0.5) is 4.39 Å². The molecule has 0 fully saturated rings. The highest BCUT2D eigenvalue weighted by molar-refractivity contribution is 9.10. The van der Waals surface area contributed by atoms with Crippen molar-refractivity contribution in [1.29, 1.82) is 0 Å². The number of nitrogens with zero attached hydrogens (tertiary/aromatic N) is 1. The largest absolute Gasteiger partial charge is 0.310 e. The standard InChI is InChI=1S/C22H24BrFN2.ClH/c1-16(4-2-3-5-17-6-10-20(24)11-7-17)26-15-19-9-8-18-14-25-13-12-21(18)22(19)23;/h6-14,16,26H,2-5,15H2,1H3;1H/t16-;/m1./s1. The maximum atomic E-state index is 12.9. The molecule has 2 nitrogen and oxygen atoms in total. The first-order chi connectivity index (χ1) is 12.6. The molecule has 0 bridgehead atoms. The quantitative estimate of drug-likeness (QED) is 0.398. The fourth-order valence-corrected chi connectivity index (χ4v) is 3.76. The topological polar surface area (TPSA) is 24.9 Å². The van der Waals surface area contributed by atoms with Crippen molar-refractivity contribution in [1.82, 2.24) is 10.3 Å². The first kappa shape index (κ1) is 21.8. The summed E-state index contributed by atoms with van der Waals surface area (Å²) in [5, 5.41) is 5.97. The molecule has 1 atom stereocenters. The van der Waals surface area contributed by atoms with E-state index in [1.807, 2.05) is 30.6 Å². The monoisotopic (exact) mass is 450 g/mol. The van der Waals surface area contributed by atoms with Gasteiger partial charge >= 0.3 is 0 Å². The second-order valence-electron chi connectivity index (χ2n) is 6.79. The molecule has 0 amide bonds. The Morgan fingerprint density at radius 2 is 1.85 bits per heavy atom. The van der Waals surface area contributed by atoms with Gasteiger partial charge in [0.15, 0.2) is 0 Å². The highest BCUT2D eigenvalue weighted by atomic mass is 79.9. The Balaban J connectivity index is 0.00000261. The summed E-state index contributed by atoms with van der Waals surface area (Å²) < 4.78 is 14.1. The van der Waals surface area contributed by atoms with Crippen LogP contribution in [0.2, 0.25) is 0 Å². The molecule has 3 aromatic rings. The van der Waals surface area contributed by atoms with Gasteiger partial charge in [-0.25, -0.2) is 4.39 Å².